The number of nitrogens with zero attached hydrogens (tertiary/aromatic N) is 2. The molecule has 2 aliphatic heterocycles. The summed E-state index contributed by atoms with van der Waals surface area (Å²) in [6, 6.07) is 0.920. The fraction of sp³-hybridized carbons (Fsp3) is 0.462. The van der Waals surface area contributed by atoms with Crippen LogP contribution in [0.4, 0.5) is 18.9 Å². The van der Waals surface area contributed by atoms with Gasteiger partial charge in [-0.3, -0.25) is 19.8 Å². The summed E-state index contributed by atoms with van der Waals surface area (Å²) in [6.07, 6.45) is -4.79. The molecule has 0 aliphatic carbocycles. The van der Waals surface area contributed by atoms with Gasteiger partial charge in [-0.05, 0) is 35.1 Å². The molecule has 0 unspecified atom stereocenters. The second kappa shape index (κ2) is 5.40. The van der Waals surface area contributed by atoms with Gasteiger partial charge in [-0.15, -0.1) is 0 Å². The number of hydrogen-bond acceptors (Lipinski definition) is 4. The summed E-state index contributed by atoms with van der Waals surface area (Å²) in [5.74, 6) is -3.07. The first kappa shape index (κ1) is 17.6. The first-order chi connectivity index (χ1) is 11.0. The van der Waals surface area contributed by atoms with E-state index in [0.29, 0.717) is 8.95 Å². The highest BCUT2D eigenvalue weighted by Gasteiger charge is 2.73. The van der Waals surface area contributed by atoms with E-state index in [1.807, 2.05) is 0 Å². The number of fused-ring (bicyclic) bond motifs is 2. The van der Waals surface area contributed by atoms with Gasteiger partial charge in [0.05, 0.1) is 5.69 Å². The smallest absolute Gasteiger partial charge is 0.323 e. The van der Waals surface area contributed by atoms with Gasteiger partial charge in [0.2, 0.25) is 0 Å². The van der Waals surface area contributed by atoms with Crippen LogP contribution >= 0.6 is 31.9 Å². The molecule has 6 nitrogen and oxygen atoms in total. The molecule has 1 amide bonds. The van der Waals surface area contributed by atoms with E-state index in [4.69, 9.17) is 0 Å². The highest BCUT2D eigenvalue weighted by atomic mass is 79.9. The molecule has 0 saturated carbocycles. The van der Waals surface area contributed by atoms with Crippen LogP contribution in [0.25, 0.3) is 0 Å². The molecule has 2 aliphatic rings. The van der Waals surface area contributed by atoms with E-state index in [2.05, 4.69) is 37.2 Å². The number of alkyl halides is 3. The molecule has 2 heterocycles. The summed E-state index contributed by atoms with van der Waals surface area (Å²) in [5, 5.41) is 14.1. The number of rotatable bonds is 1. The largest absolute Gasteiger partial charge is 0.399 e. The number of carbonyl (C=O) groups excluding carboxylic acids is 1. The van der Waals surface area contributed by atoms with Crippen molar-refractivity contribution in [2.45, 2.75) is 17.8 Å². The molecule has 0 aromatic heterocycles. The summed E-state index contributed by atoms with van der Waals surface area (Å²) in [5.41, 5.74) is -1.60. The van der Waals surface area contributed by atoms with Crippen LogP contribution in [-0.4, -0.2) is 41.5 Å². The third-order valence-corrected chi connectivity index (χ3v) is 5.66. The van der Waals surface area contributed by atoms with Crippen LogP contribution in [0, 0.1) is 16.0 Å². The maximum Gasteiger partial charge on any atom is 0.399 e. The highest BCUT2D eigenvalue weighted by Crippen LogP contribution is 2.54. The van der Waals surface area contributed by atoms with Crippen molar-refractivity contribution >= 4 is 43.5 Å². The monoisotopic (exact) mass is 471 g/mol. The first-order valence-corrected chi connectivity index (χ1v) is 8.32. The lowest BCUT2D eigenvalue weighted by molar-refractivity contribution is -0.546. The van der Waals surface area contributed by atoms with Gasteiger partial charge >= 0.3 is 6.18 Å². The third-order valence-electron chi connectivity index (χ3n) is 4.58. The van der Waals surface area contributed by atoms with Crippen LogP contribution in [0.2, 0.25) is 0 Å². The van der Waals surface area contributed by atoms with Crippen LogP contribution in [-0.2, 0) is 10.3 Å². The molecule has 1 saturated heterocycles. The maximum absolute atomic E-state index is 13.4. The highest BCUT2D eigenvalue weighted by molar-refractivity contribution is 9.11. The molecule has 11 heteroatoms. The zero-order valence-corrected chi connectivity index (χ0v) is 15.2. The predicted molar refractivity (Wildman–Crippen MR) is 85.1 cm³/mol. The molecule has 0 bridgehead atoms. The van der Waals surface area contributed by atoms with Crippen LogP contribution in [0.15, 0.2) is 21.1 Å². The minimum atomic E-state index is -4.79. The topological polar surface area (TPSA) is 75.5 Å². The zero-order chi connectivity index (χ0) is 18.0. The van der Waals surface area contributed by atoms with Crippen LogP contribution < -0.4 is 5.32 Å². The molecular weight excluding hydrogens is 463 g/mol. The molecular formula is C13H10Br2F3N3O3. The fourth-order valence-electron chi connectivity index (χ4n) is 3.64. The van der Waals surface area contributed by atoms with E-state index < -0.39 is 41.1 Å². The Labute approximate surface area is 150 Å². The molecule has 1 N–H and O–H groups in total. The molecule has 130 valence electrons. The average Bonchev–Trinajstić information content (AvgIpc) is 2.89. The van der Waals surface area contributed by atoms with Crippen molar-refractivity contribution in [3.63, 3.8) is 0 Å². The number of anilines is 1. The van der Waals surface area contributed by atoms with Crippen molar-refractivity contribution in [1.29, 1.82) is 0 Å². The Morgan fingerprint density at radius 3 is 2.58 bits per heavy atom. The Morgan fingerprint density at radius 2 is 2.04 bits per heavy atom. The number of nitrogens with one attached hydrogen (secondary N) is 1. The van der Waals surface area contributed by atoms with Crippen LogP contribution in [0.3, 0.4) is 0 Å². The average molecular weight is 473 g/mol. The zero-order valence-electron chi connectivity index (χ0n) is 12.0. The van der Waals surface area contributed by atoms with Crippen molar-refractivity contribution in [3.05, 3.63) is 36.8 Å². The molecule has 3 atom stereocenters. The van der Waals surface area contributed by atoms with Crippen LogP contribution in [0.1, 0.15) is 5.56 Å². The Bertz CT molecular complexity index is 758. The molecule has 3 rings (SSSR count). The molecule has 1 aromatic carbocycles. The lowest BCUT2D eigenvalue weighted by Crippen LogP contribution is -2.55. The maximum atomic E-state index is 13.4. The fourth-order valence-corrected chi connectivity index (χ4v) is 4.97. The second-order valence-corrected chi connectivity index (χ2v) is 7.56. The van der Waals surface area contributed by atoms with E-state index in [-0.39, 0.29) is 11.3 Å². The Hall–Kier alpha value is -1.20. The van der Waals surface area contributed by atoms with Crippen molar-refractivity contribution in [2.24, 2.45) is 5.92 Å². The van der Waals surface area contributed by atoms with Gasteiger partial charge in [0.15, 0.2) is 5.54 Å². The summed E-state index contributed by atoms with van der Waals surface area (Å²) in [6.45, 7) is -0.633. The molecule has 1 spiro atoms. The van der Waals surface area contributed by atoms with Crippen molar-refractivity contribution in [2.75, 3.05) is 18.9 Å². The number of hydrogen-bond donors (Lipinski definition) is 1. The van der Waals surface area contributed by atoms with Crippen LogP contribution in [0.5, 0.6) is 0 Å². The quantitative estimate of drug-likeness (QED) is 0.503. The van der Waals surface area contributed by atoms with Crippen molar-refractivity contribution in [1.82, 2.24) is 4.90 Å². The van der Waals surface area contributed by atoms with Gasteiger partial charge in [-0.1, -0.05) is 15.9 Å². The minimum Gasteiger partial charge on any atom is -0.323 e. The summed E-state index contributed by atoms with van der Waals surface area (Å²) in [4.78, 5) is 24.4. The lowest BCUT2D eigenvalue weighted by Gasteiger charge is -2.31. The number of likely N-dealkylation sites (tertiary alicyclic amines) is 1. The van der Waals surface area contributed by atoms with Gasteiger partial charge in [-0.2, -0.15) is 13.2 Å². The van der Waals surface area contributed by atoms with Gasteiger partial charge < -0.3 is 5.32 Å². The lowest BCUT2D eigenvalue weighted by atomic mass is 9.81. The predicted octanol–water partition coefficient (Wildman–Crippen LogP) is 3.13. The number of carbonyl (C=O) groups is 1. The molecule has 1 aromatic rings. The van der Waals surface area contributed by atoms with Gasteiger partial charge in [0, 0.05) is 26.0 Å². The van der Waals surface area contributed by atoms with Gasteiger partial charge in [0.25, 0.3) is 11.9 Å². The minimum absolute atomic E-state index is 0.157. The number of halogens is 5. The van der Waals surface area contributed by atoms with Gasteiger partial charge in [-0.25, -0.2) is 0 Å². The number of nitro groups is 1. The summed E-state index contributed by atoms with van der Waals surface area (Å²) in [7, 11) is 1.30. The number of benzene rings is 1. The first-order valence-electron chi connectivity index (χ1n) is 6.73. The summed E-state index contributed by atoms with van der Waals surface area (Å²) >= 11 is 6.45. The Balaban J connectivity index is 2.30. The molecule has 1 fully saturated rings. The van der Waals surface area contributed by atoms with E-state index >= 15 is 0 Å². The SMILES string of the molecule is CN1C[C@H](C(F)(F)F)[C@@H]([N+](=O)[O-])[C@]12C(=O)Nc1c(Br)cc(Br)cc12. The normalized spacial score (nSPS) is 29.8. The van der Waals surface area contributed by atoms with Crippen molar-refractivity contribution in [3.8, 4) is 0 Å². The van der Waals surface area contributed by atoms with Gasteiger partial charge in [0.1, 0.15) is 5.92 Å². The number of likely N-dealkylation sites (N-methyl/N-ethyl adjacent to an activating group) is 1. The van der Waals surface area contributed by atoms with E-state index in [0.717, 1.165) is 4.90 Å². The summed E-state index contributed by atoms with van der Waals surface area (Å²) < 4.78 is 41.0. The Kier molecular flexibility index (Phi) is 3.96. The van der Waals surface area contributed by atoms with E-state index in [1.54, 1.807) is 6.07 Å². The Morgan fingerprint density at radius 1 is 1.42 bits per heavy atom. The molecule has 0 radical (unpaired) electrons. The van der Waals surface area contributed by atoms with Crippen molar-refractivity contribution < 1.29 is 22.9 Å². The standard InChI is InChI=1S/C13H10Br2F3N3O3/c1-20-4-7(13(16,17)18)10(21(23)24)12(20)6-2-5(14)3-8(15)9(6)19-11(12)22/h2-3,7,10H,4H2,1H3,(H,19,22)/t7-,10+,12+/m0/s1. The van der Waals surface area contributed by atoms with E-state index in [9.17, 15) is 28.1 Å². The second-order valence-electron chi connectivity index (χ2n) is 5.79. The molecule has 24 heavy (non-hydrogen) atoms. The third kappa shape index (κ3) is 2.21. The van der Waals surface area contributed by atoms with E-state index in [1.165, 1.54) is 13.1 Å². The number of amides is 1.